The van der Waals surface area contributed by atoms with Crippen molar-refractivity contribution in [1.82, 2.24) is 0 Å². The zero-order valence-corrected chi connectivity index (χ0v) is 13.2. The SMILES string of the molecule is COc1cccc(OC)c1C(=O)OC1C[C@@H](C)C[C@@H](C)C1. The molecule has 1 fully saturated rings. The van der Waals surface area contributed by atoms with Crippen LogP contribution in [-0.4, -0.2) is 26.3 Å². The lowest BCUT2D eigenvalue weighted by molar-refractivity contribution is 0.00749. The van der Waals surface area contributed by atoms with E-state index in [4.69, 9.17) is 14.2 Å². The fourth-order valence-corrected chi connectivity index (χ4v) is 3.23. The topological polar surface area (TPSA) is 44.8 Å². The van der Waals surface area contributed by atoms with Gasteiger partial charge < -0.3 is 14.2 Å². The standard InChI is InChI=1S/C17H24O4/c1-11-8-12(2)10-13(9-11)21-17(18)16-14(19-3)6-5-7-15(16)20-4/h5-7,11-13H,8-10H2,1-4H3/t11-,12+,13?. The largest absolute Gasteiger partial charge is 0.496 e. The molecule has 3 atom stereocenters. The van der Waals surface area contributed by atoms with E-state index in [1.54, 1.807) is 18.2 Å². The van der Waals surface area contributed by atoms with Gasteiger partial charge in [-0.05, 0) is 43.2 Å². The Morgan fingerprint density at radius 2 is 1.52 bits per heavy atom. The minimum atomic E-state index is -0.365. The number of benzene rings is 1. The fourth-order valence-electron chi connectivity index (χ4n) is 3.23. The molecule has 1 unspecified atom stereocenters. The Morgan fingerprint density at radius 1 is 1.00 bits per heavy atom. The Morgan fingerprint density at radius 3 is 2.00 bits per heavy atom. The van der Waals surface area contributed by atoms with Gasteiger partial charge in [0.15, 0.2) is 0 Å². The number of rotatable bonds is 4. The van der Waals surface area contributed by atoms with Gasteiger partial charge in [0.1, 0.15) is 23.2 Å². The molecule has 116 valence electrons. The summed E-state index contributed by atoms with van der Waals surface area (Å²) in [7, 11) is 3.08. The van der Waals surface area contributed by atoms with E-state index in [1.807, 2.05) is 0 Å². The van der Waals surface area contributed by atoms with Crippen LogP contribution in [0.4, 0.5) is 0 Å². The van der Waals surface area contributed by atoms with Crippen LogP contribution in [0.3, 0.4) is 0 Å². The Kier molecular flexibility index (Phi) is 5.10. The third kappa shape index (κ3) is 3.69. The average molecular weight is 292 g/mol. The molecule has 0 bridgehead atoms. The highest BCUT2D eigenvalue weighted by Gasteiger charge is 2.29. The van der Waals surface area contributed by atoms with Crippen molar-refractivity contribution in [2.24, 2.45) is 11.8 Å². The molecule has 0 saturated heterocycles. The molecular weight excluding hydrogens is 268 g/mol. The Labute approximate surface area is 126 Å². The van der Waals surface area contributed by atoms with Crippen molar-refractivity contribution in [3.05, 3.63) is 23.8 Å². The van der Waals surface area contributed by atoms with E-state index >= 15 is 0 Å². The molecule has 1 aliphatic rings. The van der Waals surface area contributed by atoms with Gasteiger partial charge >= 0.3 is 5.97 Å². The van der Waals surface area contributed by atoms with Crippen LogP contribution >= 0.6 is 0 Å². The van der Waals surface area contributed by atoms with E-state index in [9.17, 15) is 4.79 Å². The first kappa shape index (κ1) is 15.7. The molecule has 0 aromatic heterocycles. The summed E-state index contributed by atoms with van der Waals surface area (Å²) in [6.07, 6.45) is 3.03. The fraction of sp³-hybridized carbons (Fsp3) is 0.588. The van der Waals surface area contributed by atoms with E-state index in [2.05, 4.69) is 13.8 Å². The Bertz CT molecular complexity index is 465. The van der Waals surface area contributed by atoms with Crippen molar-refractivity contribution >= 4 is 5.97 Å². The Balaban J connectivity index is 2.16. The van der Waals surface area contributed by atoms with Gasteiger partial charge in [-0.15, -0.1) is 0 Å². The normalized spacial score (nSPS) is 25.2. The highest BCUT2D eigenvalue weighted by molar-refractivity contribution is 5.95. The minimum Gasteiger partial charge on any atom is -0.496 e. The molecular formula is C17H24O4. The first-order valence-corrected chi connectivity index (χ1v) is 7.47. The van der Waals surface area contributed by atoms with Crippen LogP contribution in [0, 0.1) is 11.8 Å². The lowest BCUT2D eigenvalue weighted by atomic mass is 9.82. The van der Waals surface area contributed by atoms with E-state index in [0.717, 1.165) is 12.8 Å². The predicted molar refractivity (Wildman–Crippen MR) is 80.9 cm³/mol. The second-order valence-electron chi connectivity index (χ2n) is 5.98. The molecule has 0 radical (unpaired) electrons. The van der Waals surface area contributed by atoms with E-state index < -0.39 is 0 Å². The molecule has 0 heterocycles. The van der Waals surface area contributed by atoms with Crippen LogP contribution in [0.2, 0.25) is 0 Å². The van der Waals surface area contributed by atoms with E-state index in [1.165, 1.54) is 20.6 Å². The molecule has 0 amide bonds. The number of esters is 1. The highest BCUT2D eigenvalue weighted by Crippen LogP contribution is 2.33. The van der Waals surface area contributed by atoms with Crippen LogP contribution in [0.1, 0.15) is 43.5 Å². The maximum Gasteiger partial charge on any atom is 0.346 e. The predicted octanol–water partition coefficient (Wildman–Crippen LogP) is 3.69. The first-order valence-electron chi connectivity index (χ1n) is 7.47. The summed E-state index contributed by atoms with van der Waals surface area (Å²) in [5.74, 6) is 1.78. The number of methoxy groups -OCH3 is 2. The van der Waals surface area contributed by atoms with Crippen molar-refractivity contribution in [2.75, 3.05) is 14.2 Å². The molecule has 0 aliphatic heterocycles. The number of carbonyl (C=O) groups is 1. The van der Waals surface area contributed by atoms with Crippen LogP contribution in [-0.2, 0) is 4.74 Å². The van der Waals surface area contributed by atoms with Gasteiger partial charge in [0, 0.05) is 0 Å². The summed E-state index contributed by atoms with van der Waals surface area (Å²) in [5.41, 5.74) is 0.369. The number of carbonyl (C=O) groups excluding carboxylic acids is 1. The molecule has 0 N–H and O–H groups in total. The van der Waals surface area contributed by atoms with Gasteiger partial charge in [-0.25, -0.2) is 4.79 Å². The number of hydrogen-bond donors (Lipinski definition) is 0. The summed E-state index contributed by atoms with van der Waals surface area (Å²) < 4.78 is 16.2. The summed E-state index contributed by atoms with van der Waals surface area (Å²) in [5, 5.41) is 0. The summed E-state index contributed by atoms with van der Waals surface area (Å²) >= 11 is 0. The minimum absolute atomic E-state index is 0.0223. The zero-order chi connectivity index (χ0) is 15.4. The van der Waals surface area contributed by atoms with Crippen LogP contribution in [0.25, 0.3) is 0 Å². The molecule has 1 saturated carbocycles. The number of ether oxygens (including phenoxy) is 3. The first-order chi connectivity index (χ1) is 10.0. The maximum absolute atomic E-state index is 12.5. The van der Waals surface area contributed by atoms with Gasteiger partial charge in [-0.3, -0.25) is 0 Å². The molecule has 1 aromatic rings. The lowest BCUT2D eigenvalue weighted by Crippen LogP contribution is -2.28. The second-order valence-corrected chi connectivity index (χ2v) is 5.98. The molecule has 0 spiro atoms. The molecule has 4 heteroatoms. The van der Waals surface area contributed by atoms with Gasteiger partial charge in [0.05, 0.1) is 14.2 Å². The highest BCUT2D eigenvalue weighted by atomic mass is 16.5. The molecule has 1 aromatic carbocycles. The molecule has 1 aliphatic carbocycles. The van der Waals surface area contributed by atoms with Gasteiger partial charge in [-0.1, -0.05) is 19.9 Å². The lowest BCUT2D eigenvalue weighted by Gasteiger charge is -2.31. The Hall–Kier alpha value is -1.71. The molecule has 2 rings (SSSR count). The van der Waals surface area contributed by atoms with Gasteiger partial charge in [-0.2, -0.15) is 0 Å². The van der Waals surface area contributed by atoms with Crippen LogP contribution < -0.4 is 9.47 Å². The van der Waals surface area contributed by atoms with E-state index in [-0.39, 0.29) is 12.1 Å². The summed E-state index contributed by atoms with van der Waals surface area (Å²) in [6, 6.07) is 5.27. The summed E-state index contributed by atoms with van der Waals surface area (Å²) in [6.45, 7) is 4.42. The third-order valence-corrected chi connectivity index (χ3v) is 4.04. The molecule has 21 heavy (non-hydrogen) atoms. The van der Waals surface area contributed by atoms with Crippen molar-refractivity contribution in [3.63, 3.8) is 0 Å². The van der Waals surface area contributed by atoms with Crippen LogP contribution in [0.15, 0.2) is 18.2 Å². The van der Waals surface area contributed by atoms with E-state index in [0.29, 0.717) is 28.9 Å². The number of hydrogen-bond acceptors (Lipinski definition) is 4. The zero-order valence-electron chi connectivity index (χ0n) is 13.2. The molecule has 4 nitrogen and oxygen atoms in total. The second kappa shape index (κ2) is 6.83. The summed E-state index contributed by atoms with van der Waals surface area (Å²) in [4.78, 5) is 12.5. The monoisotopic (exact) mass is 292 g/mol. The van der Waals surface area contributed by atoms with Crippen molar-refractivity contribution < 1.29 is 19.0 Å². The van der Waals surface area contributed by atoms with Gasteiger partial charge in [0.2, 0.25) is 0 Å². The maximum atomic E-state index is 12.5. The van der Waals surface area contributed by atoms with Crippen molar-refractivity contribution in [1.29, 1.82) is 0 Å². The van der Waals surface area contributed by atoms with Crippen molar-refractivity contribution in [3.8, 4) is 11.5 Å². The van der Waals surface area contributed by atoms with Crippen molar-refractivity contribution in [2.45, 2.75) is 39.2 Å². The van der Waals surface area contributed by atoms with Crippen LogP contribution in [0.5, 0.6) is 11.5 Å². The van der Waals surface area contributed by atoms with Gasteiger partial charge in [0.25, 0.3) is 0 Å². The quantitative estimate of drug-likeness (QED) is 0.794. The third-order valence-electron chi connectivity index (χ3n) is 4.04. The smallest absolute Gasteiger partial charge is 0.346 e. The average Bonchev–Trinajstić information content (AvgIpc) is 2.45.